The van der Waals surface area contributed by atoms with Gasteiger partial charge in [0, 0.05) is 0 Å². The lowest BCUT2D eigenvalue weighted by atomic mass is 10.1. The lowest BCUT2D eigenvalue weighted by Crippen LogP contribution is -2.30. The highest BCUT2D eigenvalue weighted by Crippen LogP contribution is 2.25. The first kappa shape index (κ1) is 11.7. The molecule has 0 radical (unpaired) electrons. The van der Waals surface area contributed by atoms with Crippen LogP contribution in [0.2, 0.25) is 0 Å². The monoisotopic (exact) mass is 249 g/mol. The fourth-order valence-corrected chi connectivity index (χ4v) is 2.72. The summed E-state index contributed by atoms with van der Waals surface area (Å²) in [6.45, 7) is 3.91. The number of rotatable bonds is 2. The van der Waals surface area contributed by atoms with Gasteiger partial charge >= 0.3 is 0 Å². The fraction of sp³-hybridized carbons (Fsp3) is 0.118. The highest BCUT2D eigenvalue weighted by atomic mass is 15.1. The molecule has 0 aliphatic heterocycles. The molecule has 1 aromatic heterocycles. The van der Waals surface area contributed by atoms with Gasteiger partial charge in [0.25, 0.3) is 5.82 Å². The van der Waals surface area contributed by atoms with Gasteiger partial charge in [0.05, 0.1) is 19.7 Å². The molecule has 0 N–H and O–H groups in total. The number of nitrogens with zero attached hydrogens (tertiary/aromatic N) is 2. The van der Waals surface area contributed by atoms with E-state index < -0.39 is 0 Å². The number of aryl methyl sites for hydroxylation is 2. The summed E-state index contributed by atoms with van der Waals surface area (Å²) in [5.74, 6) is 1.19. The Kier molecular flexibility index (Phi) is 2.71. The fourth-order valence-electron chi connectivity index (χ4n) is 2.72. The molecule has 3 aromatic rings. The maximum atomic E-state index is 3.91. The summed E-state index contributed by atoms with van der Waals surface area (Å²) >= 11 is 0. The van der Waals surface area contributed by atoms with E-state index in [1.54, 1.807) is 0 Å². The molecule has 2 aromatic carbocycles. The maximum absolute atomic E-state index is 3.91. The molecule has 0 saturated carbocycles. The van der Waals surface area contributed by atoms with E-state index in [0.717, 1.165) is 5.56 Å². The summed E-state index contributed by atoms with van der Waals surface area (Å²) in [5, 5.41) is 0. The normalized spacial score (nSPS) is 10.8. The standard InChI is InChI=1S/C17H17N2/c1-4-13-9-5-6-10-14(13)17-18(2)15-11-7-8-12-16(15)19(17)3/h4-12H,1H2,2-3H3/q+1. The van der Waals surface area contributed by atoms with Gasteiger partial charge in [-0.2, -0.15) is 0 Å². The Morgan fingerprint density at radius 2 is 1.74 bits per heavy atom. The van der Waals surface area contributed by atoms with Gasteiger partial charge < -0.3 is 0 Å². The third-order valence-corrected chi connectivity index (χ3v) is 3.66. The molecule has 0 fully saturated rings. The Morgan fingerprint density at radius 1 is 1.05 bits per heavy atom. The van der Waals surface area contributed by atoms with Crippen molar-refractivity contribution in [1.82, 2.24) is 4.57 Å². The summed E-state index contributed by atoms with van der Waals surface area (Å²) in [7, 11) is 4.22. The molecule has 0 bridgehead atoms. The van der Waals surface area contributed by atoms with Crippen LogP contribution in [0, 0.1) is 0 Å². The maximum Gasteiger partial charge on any atom is 0.290 e. The van der Waals surface area contributed by atoms with Gasteiger partial charge in [-0.05, 0) is 23.8 Å². The summed E-state index contributed by atoms with van der Waals surface area (Å²) in [6, 6.07) is 16.8. The molecule has 0 saturated heterocycles. The van der Waals surface area contributed by atoms with Crippen molar-refractivity contribution in [2.75, 3.05) is 0 Å². The van der Waals surface area contributed by atoms with E-state index in [1.807, 2.05) is 12.1 Å². The number of benzene rings is 2. The lowest BCUT2D eigenvalue weighted by molar-refractivity contribution is -0.634. The van der Waals surface area contributed by atoms with E-state index in [-0.39, 0.29) is 0 Å². The van der Waals surface area contributed by atoms with Crippen LogP contribution in [0.15, 0.2) is 55.1 Å². The first-order valence-corrected chi connectivity index (χ1v) is 6.39. The van der Waals surface area contributed by atoms with E-state index in [9.17, 15) is 0 Å². The van der Waals surface area contributed by atoms with Crippen molar-refractivity contribution in [3.05, 3.63) is 60.7 Å². The van der Waals surface area contributed by atoms with E-state index >= 15 is 0 Å². The summed E-state index contributed by atoms with van der Waals surface area (Å²) in [6.07, 6.45) is 1.91. The molecule has 2 heteroatoms. The average Bonchev–Trinajstić information content (AvgIpc) is 2.71. The molecule has 19 heavy (non-hydrogen) atoms. The molecule has 1 heterocycles. The van der Waals surface area contributed by atoms with E-state index in [1.165, 1.54) is 22.4 Å². The lowest BCUT2D eigenvalue weighted by Gasteiger charge is -2.03. The first-order valence-electron chi connectivity index (χ1n) is 6.39. The molecule has 0 amide bonds. The molecule has 0 aliphatic carbocycles. The number of imidazole rings is 1. The van der Waals surface area contributed by atoms with Gasteiger partial charge in [-0.1, -0.05) is 43.0 Å². The summed E-state index contributed by atoms with van der Waals surface area (Å²) in [4.78, 5) is 0. The van der Waals surface area contributed by atoms with Crippen LogP contribution in [0.25, 0.3) is 28.5 Å². The van der Waals surface area contributed by atoms with Crippen LogP contribution >= 0.6 is 0 Å². The van der Waals surface area contributed by atoms with Crippen molar-refractivity contribution in [2.24, 2.45) is 14.1 Å². The summed E-state index contributed by atoms with van der Waals surface area (Å²) < 4.78 is 4.47. The molecule has 94 valence electrons. The topological polar surface area (TPSA) is 8.81 Å². The number of hydrogen-bond donors (Lipinski definition) is 0. The predicted octanol–water partition coefficient (Wildman–Crippen LogP) is 3.31. The van der Waals surface area contributed by atoms with Gasteiger partial charge in [0.2, 0.25) is 0 Å². The van der Waals surface area contributed by atoms with Crippen LogP contribution in [0.3, 0.4) is 0 Å². The highest BCUT2D eigenvalue weighted by Gasteiger charge is 2.22. The SMILES string of the molecule is C=Cc1ccccc1-c1n(C)c2ccccc2[n+]1C. The van der Waals surface area contributed by atoms with Gasteiger partial charge in [-0.3, -0.25) is 0 Å². The number of hydrogen-bond acceptors (Lipinski definition) is 0. The van der Waals surface area contributed by atoms with Crippen LogP contribution in [0.4, 0.5) is 0 Å². The van der Waals surface area contributed by atoms with Gasteiger partial charge in [-0.15, -0.1) is 0 Å². The zero-order chi connectivity index (χ0) is 13.4. The van der Waals surface area contributed by atoms with Crippen molar-refractivity contribution in [3.8, 4) is 11.4 Å². The molecule has 3 rings (SSSR count). The first-order chi connectivity index (χ1) is 9.24. The Balaban J connectivity index is 2.40. The average molecular weight is 249 g/mol. The Labute approximate surface area is 113 Å². The van der Waals surface area contributed by atoms with Crippen molar-refractivity contribution < 1.29 is 4.57 Å². The largest absolute Gasteiger partial charge is 0.290 e. The van der Waals surface area contributed by atoms with Crippen LogP contribution in [0.1, 0.15) is 5.56 Å². The van der Waals surface area contributed by atoms with Crippen molar-refractivity contribution in [1.29, 1.82) is 0 Å². The van der Waals surface area contributed by atoms with Crippen LogP contribution in [-0.2, 0) is 14.1 Å². The minimum absolute atomic E-state index is 1.16. The predicted molar refractivity (Wildman–Crippen MR) is 79.6 cm³/mol. The Hall–Kier alpha value is -2.35. The molecule has 0 spiro atoms. The molecular weight excluding hydrogens is 232 g/mol. The zero-order valence-corrected chi connectivity index (χ0v) is 11.3. The summed E-state index contributed by atoms with van der Waals surface area (Å²) in [5.41, 5.74) is 4.83. The van der Waals surface area contributed by atoms with Crippen LogP contribution in [-0.4, -0.2) is 4.57 Å². The van der Waals surface area contributed by atoms with Gasteiger partial charge in [0.1, 0.15) is 0 Å². The van der Waals surface area contributed by atoms with E-state index in [4.69, 9.17) is 0 Å². The number of aromatic nitrogens is 2. The second-order valence-electron chi connectivity index (χ2n) is 4.72. The van der Waals surface area contributed by atoms with Crippen molar-refractivity contribution in [2.45, 2.75) is 0 Å². The third kappa shape index (κ3) is 1.68. The van der Waals surface area contributed by atoms with Gasteiger partial charge in [-0.25, -0.2) is 9.13 Å². The van der Waals surface area contributed by atoms with Crippen molar-refractivity contribution in [3.63, 3.8) is 0 Å². The molecule has 2 nitrogen and oxygen atoms in total. The Morgan fingerprint density at radius 3 is 2.47 bits per heavy atom. The Bertz CT molecular complexity index is 727. The molecule has 0 unspecified atom stereocenters. The highest BCUT2D eigenvalue weighted by molar-refractivity contribution is 5.78. The zero-order valence-electron chi connectivity index (χ0n) is 11.3. The second-order valence-corrected chi connectivity index (χ2v) is 4.72. The number of fused-ring (bicyclic) bond motifs is 1. The van der Waals surface area contributed by atoms with Crippen LogP contribution in [0.5, 0.6) is 0 Å². The molecule has 0 aliphatic rings. The van der Waals surface area contributed by atoms with Crippen molar-refractivity contribution >= 4 is 17.1 Å². The van der Waals surface area contributed by atoms with Gasteiger partial charge in [0.15, 0.2) is 11.0 Å². The van der Waals surface area contributed by atoms with Crippen LogP contribution < -0.4 is 4.57 Å². The smallest absolute Gasteiger partial charge is 0.226 e. The molecule has 0 atom stereocenters. The minimum atomic E-state index is 1.16. The quantitative estimate of drug-likeness (QED) is 0.616. The minimum Gasteiger partial charge on any atom is -0.226 e. The molecular formula is C17H17N2+. The number of para-hydroxylation sites is 2. The van der Waals surface area contributed by atoms with E-state index in [2.05, 4.69) is 72.3 Å². The third-order valence-electron chi connectivity index (χ3n) is 3.66. The second kappa shape index (κ2) is 4.39. The van der Waals surface area contributed by atoms with E-state index in [0.29, 0.717) is 0 Å².